The number of nitrogens with zero attached hydrogens (tertiary/aromatic N) is 2. The monoisotopic (exact) mass is 276 g/mol. The summed E-state index contributed by atoms with van der Waals surface area (Å²) in [5.41, 5.74) is 6.85. The highest BCUT2D eigenvalue weighted by Gasteiger charge is 2.59. The first-order chi connectivity index (χ1) is 9.31. The molecule has 0 aromatic carbocycles. The molecule has 5 heteroatoms. The number of primary amides is 1. The first-order valence-corrected chi connectivity index (χ1v) is 7.38. The van der Waals surface area contributed by atoms with Crippen LogP contribution in [-0.2, 0) is 11.3 Å². The number of rotatable bonds is 4. The third-order valence-corrected chi connectivity index (χ3v) is 5.53. The number of nitrogens with one attached hydrogen (secondary N) is 1. The van der Waals surface area contributed by atoms with Crippen LogP contribution in [0.15, 0.2) is 12.4 Å². The van der Waals surface area contributed by atoms with Crippen LogP contribution >= 0.6 is 0 Å². The molecule has 0 saturated heterocycles. The van der Waals surface area contributed by atoms with E-state index in [1.165, 1.54) is 19.3 Å². The molecular weight excluding hydrogens is 252 g/mol. The van der Waals surface area contributed by atoms with E-state index in [9.17, 15) is 4.79 Å². The first kappa shape index (κ1) is 13.5. The number of hydrogen-bond donors (Lipinski definition) is 2. The average Bonchev–Trinajstić information content (AvgIpc) is 2.96. The van der Waals surface area contributed by atoms with Gasteiger partial charge in [0, 0.05) is 12.2 Å². The molecule has 1 aromatic heterocycles. The highest BCUT2D eigenvalue weighted by atomic mass is 16.1. The van der Waals surface area contributed by atoms with E-state index in [0.29, 0.717) is 16.9 Å². The van der Waals surface area contributed by atoms with E-state index >= 15 is 0 Å². The molecule has 0 radical (unpaired) electrons. The molecule has 1 aromatic rings. The predicted octanol–water partition coefficient (Wildman–Crippen LogP) is 2.00. The topological polar surface area (TPSA) is 72.9 Å². The van der Waals surface area contributed by atoms with Crippen molar-refractivity contribution in [3.63, 3.8) is 0 Å². The maximum Gasteiger partial charge on any atom is 0.239 e. The molecule has 1 unspecified atom stereocenters. The highest BCUT2D eigenvalue weighted by Crippen LogP contribution is 2.63. The van der Waals surface area contributed by atoms with Crippen LogP contribution in [-0.4, -0.2) is 21.7 Å². The van der Waals surface area contributed by atoms with Crippen molar-refractivity contribution < 1.29 is 4.79 Å². The van der Waals surface area contributed by atoms with Gasteiger partial charge in [0.15, 0.2) is 0 Å². The zero-order valence-electron chi connectivity index (χ0n) is 12.5. The van der Waals surface area contributed by atoms with Gasteiger partial charge in [-0.2, -0.15) is 5.10 Å². The van der Waals surface area contributed by atoms with Gasteiger partial charge in [-0.05, 0) is 36.0 Å². The lowest BCUT2D eigenvalue weighted by atomic mass is 9.68. The maximum atomic E-state index is 10.9. The van der Waals surface area contributed by atoms with Crippen molar-refractivity contribution in [1.82, 2.24) is 9.78 Å². The fraction of sp³-hybridized carbons (Fsp3) is 0.733. The quantitative estimate of drug-likeness (QED) is 0.883. The van der Waals surface area contributed by atoms with Crippen molar-refractivity contribution >= 4 is 11.6 Å². The predicted molar refractivity (Wildman–Crippen MR) is 78.1 cm³/mol. The Morgan fingerprint density at radius 1 is 1.55 bits per heavy atom. The minimum atomic E-state index is -0.369. The van der Waals surface area contributed by atoms with Gasteiger partial charge in [-0.3, -0.25) is 9.48 Å². The van der Waals surface area contributed by atoms with E-state index in [4.69, 9.17) is 5.73 Å². The van der Waals surface area contributed by atoms with Crippen LogP contribution < -0.4 is 11.1 Å². The van der Waals surface area contributed by atoms with Crippen molar-refractivity contribution in [2.45, 2.75) is 52.6 Å². The molecule has 110 valence electrons. The summed E-state index contributed by atoms with van der Waals surface area (Å²) in [4.78, 5) is 10.9. The summed E-state index contributed by atoms with van der Waals surface area (Å²) < 4.78 is 1.59. The number of nitrogens with two attached hydrogens (primary N) is 1. The fourth-order valence-corrected chi connectivity index (χ4v) is 4.51. The summed E-state index contributed by atoms with van der Waals surface area (Å²) in [6.07, 6.45) is 7.62. The second-order valence-electron chi connectivity index (χ2n) is 7.39. The SMILES string of the molecule is CC1(C)C(Nc2cnn(CC(N)=O)c2)[C@]2(C)CC[C@H]1C2. The van der Waals surface area contributed by atoms with Gasteiger partial charge in [0.2, 0.25) is 5.91 Å². The molecule has 5 nitrogen and oxygen atoms in total. The Kier molecular flexibility index (Phi) is 2.85. The number of amides is 1. The van der Waals surface area contributed by atoms with Crippen LogP contribution in [0, 0.1) is 16.7 Å². The minimum absolute atomic E-state index is 0.135. The van der Waals surface area contributed by atoms with Crippen LogP contribution in [0.2, 0.25) is 0 Å². The summed E-state index contributed by atoms with van der Waals surface area (Å²) in [5.74, 6) is 0.442. The van der Waals surface area contributed by atoms with E-state index in [1.807, 2.05) is 6.20 Å². The molecule has 0 spiro atoms. The van der Waals surface area contributed by atoms with Crippen molar-refractivity contribution in [1.29, 1.82) is 0 Å². The zero-order valence-corrected chi connectivity index (χ0v) is 12.5. The van der Waals surface area contributed by atoms with E-state index in [0.717, 1.165) is 11.6 Å². The molecule has 2 aliphatic carbocycles. The van der Waals surface area contributed by atoms with E-state index in [1.54, 1.807) is 10.9 Å². The largest absolute Gasteiger partial charge is 0.379 e. The molecule has 2 fully saturated rings. The second-order valence-corrected chi connectivity index (χ2v) is 7.39. The van der Waals surface area contributed by atoms with Gasteiger partial charge >= 0.3 is 0 Å². The van der Waals surface area contributed by atoms with Gasteiger partial charge in [0.25, 0.3) is 0 Å². The van der Waals surface area contributed by atoms with Crippen LogP contribution in [0.3, 0.4) is 0 Å². The summed E-state index contributed by atoms with van der Waals surface area (Å²) in [7, 11) is 0. The lowest BCUT2D eigenvalue weighted by Gasteiger charge is -2.43. The fourth-order valence-electron chi connectivity index (χ4n) is 4.51. The van der Waals surface area contributed by atoms with Gasteiger partial charge in [-0.25, -0.2) is 0 Å². The Morgan fingerprint density at radius 2 is 2.30 bits per heavy atom. The van der Waals surface area contributed by atoms with Gasteiger partial charge in [-0.15, -0.1) is 0 Å². The molecule has 2 aliphatic rings. The van der Waals surface area contributed by atoms with Crippen molar-refractivity contribution in [2.24, 2.45) is 22.5 Å². The number of carbonyl (C=O) groups is 1. The molecule has 2 saturated carbocycles. The maximum absolute atomic E-state index is 10.9. The van der Waals surface area contributed by atoms with Gasteiger partial charge in [0.05, 0.1) is 11.9 Å². The molecule has 1 heterocycles. The second kappa shape index (κ2) is 4.24. The van der Waals surface area contributed by atoms with Crippen molar-refractivity contribution in [3.05, 3.63) is 12.4 Å². The molecule has 3 atom stereocenters. The Bertz CT molecular complexity index is 531. The molecule has 3 rings (SSSR count). The average molecular weight is 276 g/mol. The molecule has 3 N–H and O–H groups in total. The third kappa shape index (κ3) is 2.00. The number of hydrogen-bond acceptors (Lipinski definition) is 3. The Morgan fingerprint density at radius 3 is 2.90 bits per heavy atom. The lowest BCUT2D eigenvalue weighted by Crippen LogP contribution is -2.45. The van der Waals surface area contributed by atoms with Crippen LogP contribution in [0.1, 0.15) is 40.0 Å². The molecule has 2 bridgehead atoms. The summed E-state index contributed by atoms with van der Waals surface area (Å²) >= 11 is 0. The zero-order chi connectivity index (χ0) is 14.5. The number of aromatic nitrogens is 2. The van der Waals surface area contributed by atoms with E-state index in [-0.39, 0.29) is 12.5 Å². The molecule has 0 aliphatic heterocycles. The third-order valence-electron chi connectivity index (χ3n) is 5.53. The first-order valence-electron chi connectivity index (χ1n) is 7.38. The Hall–Kier alpha value is -1.52. The van der Waals surface area contributed by atoms with Crippen molar-refractivity contribution in [2.75, 3.05) is 5.32 Å². The smallest absolute Gasteiger partial charge is 0.239 e. The molecule has 20 heavy (non-hydrogen) atoms. The van der Waals surface area contributed by atoms with Crippen molar-refractivity contribution in [3.8, 4) is 0 Å². The lowest BCUT2D eigenvalue weighted by molar-refractivity contribution is -0.118. The normalized spacial score (nSPS) is 34.4. The standard InChI is InChI=1S/C15H24N4O/c1-14(2)10-4-5-15(3,6-10)13(14)18-11-7-17-19(8-11)9-12(16)20/h7-8,10,13,18H,4-6,9H2,1-3H3,(H2,16,20)/t10-,13?,15+/m0/s1. The van der Waals surface area contributed by atoms with Gasteiger partial charge < -0.3 is 11.1 Å². The Balaban J connectivity index is 1.77. The number of carbonyl (C=O) groups excluding carboxylic acids is 1. The highest BCUT2D eigenvalue weighted by molar-refractivity contribution is 5.73. The Labute approximate surface area is 119 Å². The van der Waals surface area contributed by atoms with E-state index < -0.39 is 0 Å². The summed E-state index contributed by atoms with van der Waals surface area (Å²) in [5, 5.41) is 7.85. The molecular formula is C15H24N4O. The van der Waals surface area contributed by atoms with Crippen LogP contribution in [0.25, 0.3) is 0 Å². The summed E-state index contributed by atoms with van der Waals surface area (Å²) in [6.45, 7) is 7.27. The minimum Gasteiger partial charge on any atom is -0.379 e. The number of fused-ring (bicyclic) bond motifs is 2. The van der Waals surface area contributed by atoms with Crippen LogP contribution in [0.5, 0.6) is 0 Å². The number of anilines is 1. The molecule has 1 amide bonds. The van der Waals surface area contributed by atoms with E-state index in [2.05, 4.69) is 31.2 Å². The van der Waals surface area contributed by atoms with Gasteiger partial charge in [-0.1, -0.05) is 20.8 Å². The summed E-state index contributed by atoms with van der Waals surface area (Å²) in [6, 6.07) is 0.458. The van der Waals surface area contributed by atoms with Gasteiger partial charge in [0.1, 0.15) is 6.54 Å². The van der Waals surface area contributed by atoms with Crippen LogP contribution in [0.4, 0.5) is 5.69 Å².